The number of benzene rings is 2. The molecule has 5 nitrogen and oxygen atoms in total. The van der Waals surface area contributed by atoms with Gasteiger partial charge < -0.3 is 4.74 Å². The van der Waals surface area contributed by atoms with Gasteiger partial charge in [-0.05, 0) is 42.0 Å². The van der Waals surface area contributed by atoms with Crippen molar-refractivity contribution in [3.05, 3.63) is 90.8 Å². The summed E-state index contributed by atoms with van der Waals surface area (Å²) in [5, 5.41) is 9.73. The molecule has 0 saturated carbocycles. The van der Waals surface area contributed by atoms with Crippen LogP contribution in [0.3, 0.4) is 0 Å². The summed E-state index contributed by atoms with van der Waals surface area (Å²) in [7, 11) is 1.66. The lowest BCUT2D eigenvalue weighted by Gasteiger charge is -2.10. The van der Waals surface area contributed by atoms with E-state index in [0.717, 1.165) is 33.7 Å². The number of pyridine rings is 1. The summed E-state index contributed by atoms with van der Waals surface area (Å²) in [6.45, 7) is 0. The smallest absolute Gasteiger partial charge is 0.196 e. The minimum Gasteiger partial charge on any atom is -0.497 e. The summed E-state index contributed by atoms with van der Waals surface area (Å²) in [6.07, 6.45) is 7.78. The first-order valence-electron chi connectivity index (χ1n) is 9.20. The number of hydrogen-bond acceptors (Lipinski definition) is 5. The second kappa shape index (κ2) is 9.21. The standard InChI is InChI=1S/C23H20N4OS/c1-28-21-11-9-20(10-12-21)27-22(19-13-15-24-16-14-19)25-26-23(27)29-17-5-8-18-6-3-2-4-7-18/h2-16H,17H2,1H3. The van der Waals surface area contributed by atoms with Gasteiger partial charge in [-0.25, -0.2) is 0 Å². The minimum absolute atomic E-state index is 0.784. The van der Waals surface area contributed by atoms with Gasteiger partial charge in [-0.3, -0.25) is 9.55 Å². The maximum Gasteiger partial charge on any atom is 0.196 e. The lowest BCUT2D eigenvalue weighted by atomic mass is 10.2. The van der Waals surface area contributed by atoms with E-state index in [9.17, 15) is 0 Å². The molecule has 2 heterocycles. The van der Waals surface area contributed by atoms with Crippen molar-refractivity contribution in [3.63, 3.8) is 0 Å². The zero-order valence-electron chi connectivity index (χ0n) is 16.0. The van der Waals surface area contributed by atoms with Crippen molar-refractivity contribution in [2.75, 3.05) is 12.9 Å². The van der Waals surface area contributed by atoms with Gasteiger partial charge in [-0.15, -0.1) is 10.2 Å². The number of methoxy groups -OCH3 is 1. The average Bonchev–Trinajstić information content (AvgIpc) is 3.22. The fourth-order valence-corrected chi connectivity index (χ4v) is 3.65. The Balaban J connectivity index is 1.62. The van der Waals surface area contributed by atoms with E-state index in [1.165, 1.54) is 5.56 Å². The van der Waals surface area contributed by atoms with E-state index in [2.05, 4.69) is 44.0 Å². The molecule has 29 heavy (non-hydrogen) atoms. The molecule has 0 amide bonds. The van der Waals surface area contributed by atoms with Gasteiger partial charge in [0.2, 0.25) is 0 Å². The molecule has 0 aliphatic carbocycles. The molecule has 4 rings (SSSR count). The molecule has 0 fully saturated rings. The first kappa shape index (κ1) is 19.0. The van der Waals surface area contributed by atoms with Crippen LogP contribution in [0.4, 0.5) is 0 Å². The lowest BCUT2D eigenvalue weighted by Crippen LogP contribution is -2.00. The molecular weight excluding hydrogens is 380 g/mol. The van der Waals surface area contributed by atoms with Crippen LogP contribution in [0.5, 0.6) is 5.75 Å². The maximum absolute atomic E-state index is 5.29. The molecule has 0 radical (unpaired) electrons. The van der Waals surface area contributed by atoms with Crippen molar-refractivity contribution in [2.24, 2.45) is 0 Å². The van der Waals surface area contributed by atoms with Gasteiger partial charge in [0.15, 0.2) is 11.0 Å². The number of thioether (sulfide) groups is 1. The van der Waals surface area contributed by atoms with Crippen molar-refractivity contribution in [1.29, 1.82) is 0 Å². The van der Waals surface area contributed by atoms with Crippen LogP contribution in [0.25, 0.3) is 23.2 Å². The zero-order chi connectivity index (χ0) is 19.9. The van der Waals surface area contributed by atoms with E-state index in [1.807, 2.05) is 54.6 Å². The summed E-state index contributed by atoms with van der Waals surface area (Å²) >= 11 is 1.64. The van der Waals surface area contributed by atoms with Crippen LogP contribution >= 0.6 is 11.8 Å². The quantitative estimate of drug-likeness (QED) is 0.402. The fraction of sp³-hybridized carbons (Fsp3) is 0.0870. The second-order valence-corrected chi connectivity index (χ2v) is 7.19. The molecule has 4 aromatic rings. The first-order chi connectivity index (χ1) is 14.3. The van der Waals surface area contributed by atoms with Crippen LogP contribution in [0, 0.1) is 0 Å². The number of aromatic nitrogens is 4. The van der Waals surface area contributed by atoms with E-state index < -0.39 is 0 Å². The van der Waals surface area contributed by atoms with E-state index in [1.54, 1.807) is 31.3 Å². The Morgan fingerprint density at radius 1 is 0.931 bits per heavy atom. The molecule has 0 saturated heterocycles. The largest absolute Gasteiger partial charge is 0.497 e. The number of ether oxygens (including phenoxy) is 1. The van der Waals surface area contributed by atoms with E-state index in [0.29, 0.717) is 0 Å². The molecule has 0 unspecified atom stereocenters. The highest BCUT2D eigenvalue weighted by atomic mass is 32.2. The van der Waals surface area contributed by atoms with Gasteiger partial charge in [0, 0.05) is 29.4 Å². The molecule has 0 bridgehead atoms. The molecule has 6 heteroatoms. The average molecular weight is 401 g/mol. The Morgan fingerprint density at radius 3 is 2.41 bits per heavy atom. The molecule has 2 aromatic heterocycles. The van der Waals surface area contributed by atoms with Crippen LogP contribution < -0.4 is 4.74 Å². The summed E-state index contributed by atoms with van der Waals surface area (Å²) in [4.78, 5) is 4.10. The molecule has 144 valence electrons. The Kier molecular flexibility index (Phi) is 6.02. The van der Waals surface area contributed by atoms with Gasteiger partial charge in [0.1, 0.15) is 5.75 Å². The van der Waals surface area contributed by atoms with E-state index in [-0.39, 0.29) is 0 Å². The van der Waals surface area contributed by atoms with Gasteiger partial charge in [-0.2, -0.15) is 0 Å². The highest BCUT2D eigenvalue weighted by Crippen LogP contribution is 2.28. The fourth-order valence-electron chi connectivity index (χ4n) is 2.89. The van der Waals surface area contributed by atoms with Crippen molar-refractivity contribution < 1.29 is 4.74 Å². The topological polar surface area (TPSA) is 52.8 Å². The van der Waals surface area contributed by atoms with Crippen molar-refractivity contribution in [2.45, 2.75) is 5.16 Å². The van der Waals surface area contributed by atoms with Crippen LogP contribution in [0.2, 0.25) is 0 Å². The first-order valence-corrected chi connectivity index (χ1v) is 10.2. The van der Waals surface area contributed by atoms with Crippen molar-refractivity contribution >= 4 is 17.8 Å². The van der Waals surface area contributed by atoms with E-state index in [4.69, 9.17) is 4.74 Å². The summed E-state index contributed by atoms with van der Waals surface area (Å²) in [5.41, 5.74) is 3.13. The number of rotatable bonds is 7. The Labute approximate surface area is 174 Å². The normalized spacial score (nSPS) is 11.1. The number of nitrogens with zero attached hydrogens (tertiary/aromatic N) is 4. The van der Waals surface area contributed by atoms with Crippen LogP contribution in [-0.2, 0) is 0 Å². The third kappa shape index (κ3) is 4.55. The second-order valence-electron chi connectivity index (χ2n) is 6.20. The summed E-state index contributed by atoms with van der Waals surface area (Å²) in [6, 6.07) is 22.0. The summed E-state index contributed by atoms with van der Waals surface area (Å²) < 4.78 is 7.36. The van der Waals surface area contributed by atoms with Crippen molar-refractivity contribution in [1.82, 2.24) is 19.7 Å². The predicted molar refractivity (Wildman–Crippen MR) is 117 cm³/mol. The summed E-state index contributed by atoms with van der Waals surface area (Å²) in [5.74, 6) is 2.39. The number of hydrogen-bond donors (Lipinski definition) is 0. The predicted octanol–water partition coefficient (Wildman–Crippen LogP) is 5.14. The molecule has 0 aliphatic rings. The van der Waals surface area contributed by atoms with Gasteiger partial charge in [0.05, 0.1) is 7.11 Å². The lowest BCUT2D eigenvalue weighted by molar-refractivity contribution is 0.414. The van der Waals surface area contributed by atoms with Crippen LogP contribution in [-0.4, -0.2) is 32.6 Å². The molecule has 0 spiro atoms. The van der Waals surface area contributed by atoms with Crippen LogP contribution in [0.1, 0.15) is 5.56 Å². The van der Waals surface area contributed by atoms with Crippen LogP contribution in [0.15, 0.2) is 90.4 Å². The molecule has 2 aromatic carbocycles. The highest BCUT2D eigenvalue weighted by Gasteiger charge is 2.15. The molecule has 0 N–H and O–H groups in total. The SMILES string of the molecule is COc1ccc(-n2c(SCC=Cc3ccccc3)nnc2-c2ccncc2)cc1. The minimum atomic E-state index is 0.784. The van der Waals surface area contributed by atoms with E-state index >= 15 is 0 Å². The monoisotopic (exact) mass is 400 g/mol. The van der Waals surface area contributed by atoms with Gasteiger partial charge >= 0.3 is 0 Å². The van der Waals surface area contributed by atoms with Gasteiger partial charge in [0.25, 0.3) is 0 Å². The third-order valence-corrected chi connectivity index (χ3v) is 5.20. The zero-order valence-corrected chi connectivity index (χ0v) is 16.8. The van der Waals surface area contributed by atoms with Crippen molar-refractivity contribution in [3.8, 4) is 22.8 Å². The Hall–Kier alpha value is -3.38. The molecular formula is C23H20N4OS. The Morgan fingerprint density at radius 2 is 1.69 bits per heavy atom. The Bertz CT molecular complexity index is 1080. The molecule has 0 aliphatic heterocycles. The van der Waals surface area contributed by atoms with Gasteiger partial charge in [-0.1, -0.05) is 54.2 Å². The molecule has 0 atom stereocenters. The maximum atomic E-state index is 5.29. The third-order valence-electron chi connectivity index (χ3n) is 4.32. The highest BCUT2D eigenvalue weighted by molar-refractivity contribution is 7.99.